The smallest absolute Gasteiger partial charge is 0.254 e. The second-order valence-electron chi connectivity index (χ2n) is 8.87. The van der Waals surface area contributed by atoms with Crippen molar-refractivity contribution < 1.29 is 9.53 Å². The van der Waals surface area contributed by atoms with Gasteiger partial charge in [-0.1, -0.05) is 19.1 Å². The first-order valence-corrected chi connectivity index (χ1v) is 11.2. The molecule has 0 atom stereocenters. The predicted molar refractivity (Wildman–Crippen MR) is 117 cm³/mol. The van der Waals surface area contributed by atoms with Gasteiger partial charge < -0.3 is 14.0 Å². The number of rotatable bonds is 6. The van der Waals surface area contributed by atoms with Crippen LogP contribution in [0.5, 0.6) is 5.75 Å². The Balaban J connectivity index is 1.29. The van der Waals surface area contributed by atoms with Crippen molar-refractivity contribution in [2.24, 2.45) is 5.92 Å². The number of nitrogens with zero attached hydrogens (tertiary/aromatic N) is 3. The molecule has 2 saturated carbocycles. The Morgan fingerprint density at radius 3 is 2.57 bits per heavy atom. The molecular weight excluding hydrogens is 374 g/mol. The Hall–Kier alpha value is -2.82. The van der Waals surface area contributed by atoms with E-state index < -0.39 is 0 Å². The molecule has 2 heterocycles. The van der Waals surface area contributed by atoms with Crippen molar-refractivity contribution in [3.05, 3.63) is 66.1 Å². The van der Waals surface area contributed by atoms with E-state index >= 15 is 0 Å². The Kier molecular flexibility index (Phi) is 5.19. The number of hydrogen-bond donors (Lipinski definition) is 0. The Morgan fingerprint density at radius 2 is 1.83 bits per heavy atom. The maximum atomic E-state index is 13.4. The van der Waals surface area contributed by atoms with Gasteiger partial charge in [0.25, 0.3) is 5.91 Å². The van der Waals surface area contributed by atoms with E-state index in [0.29, 0.717) is 24.4 Å². The van der Waals surface area contributed by atoms with Crippen LogP contribution < -0.4 is 4.74 Å². The van der Waals surface area contributed by atoms with E-state index in [-0.39, 0.29) is 5.91 Å². The summed E-state index contributed by atoms with van der Waals surface area (Å²) in [7, 11) is 0. The molecule has 1 aromatic carbocycles. The van der Waals surface area contributed by atoms with Crippen molar-refractivity contribution in [3.63, 3.8) is 0 Å². The van der Waals surface area contributed by atoms with E-state index in [0.717, 1.165) is 48.5 Å². The molecule has 2 aliphatic rings. The second kappa shape index (κ2) is 8.13. The van der Waals surface area contributed by atoms with Gasteiger partial charge in [0.1, 0.15) is 18.0 Å². The van der Waals surface area contributed by atoms with Gasteiger partial charge in [0, 0.05) is 30.0 Å². The zero-order valence-electron chi connectivity index (χ0n) is 17.5. The lowest BCUT2D eigenvalue weighted by atomic mass is 9.86. The van der Waals surface area contributed by atoms with Crippen LogP contribution in [0.2, 0.25) is 0 Å². The summed E-state index contributed by atoms with van der Waals surface area (Å²) in [5.41, 5.74) is 2.50. The van der Waals surface area contributed by atoms with Crippen LogP contribution in [0.3, 0.4) is 0 Å². The molecule has 5 heteroatoms. The first-order chi connectivity index (χ1) is 14.7. The lowest BCUT2D eigenvalue weighted by Gasteiger charge is -2.36. The molecule has 5 rings (SSSR count). The van der Waals surface area contributed by atoms with Gasteiger partial charge in [0.05, 0.1) is 5.69 Å². The fourth-order valence-corrected chi connectivity index (χ4v) is 4.59. The van der Waals surface area contributed by atoms with E-state index in [1.165, 1.54) is 12.8 Å². The molecule has 2 fully saturated rings. The number of imidazole rings is 1. The van der Waals surface area contributed by atoms with Crippen LogP contribution in [0.1, 0.15) is 61.5 Å². The summed E-state index contributed by atoms with van der Waals surface area (Å²) in [4.78, 5) is 20.2. The van der Waals surface area contributed by atoms with Crippen molar-refractivity contribution in [1.82, 2.24) is 14.3 Å². The largest absolute Gasteiger partial charge is 0.487 e. The highest BCUT2D eigenvalue weighted by molar-refractivity contribution is 5.95. The lowest BCUT2D eigenvalue weighted by molar-refractivity contribution is 0.0592. The summed E-state index contributed by atoms with van der Waals surface area (Å²) < 4.78 is 7.96. The molecule has 2 aliphatic carbocycles. The highest BCUT2D eigenvalue weighted by Crippen LogP contribution is 2.36. The van der Waals surface area contributed by atoms with E-state index in [9.17, 15) is 4.79 Å². The third-order valence-corrected chi connectivity index (χ3v) is 6.44. The highest BCUT2D eigenvalue weighted by Gasteiger charge is 2.38. The molecule has 30 heavy (non-hydrogen) atoms. The molecule has 0 saturated heterocycles. The van der Waals surface area contributed by atoms with Crippen molar-refractivity contribution in [2.45, 2.75) is 64.1 Å². The van der Waals surface area contributed by atoms with Gasteiger partial charge in [0.2, 0.25) is 0 Å². The molecule has 3 aromatic rings. The molecular formula is C25H29N3O2. The van der Waals surface area contributed by atoms with Crippen LogP contribution >= 0.6 is 0 Å². The van der Waals surface area contributed by atoms with Gasteiger partial charge in [-0.05, 0) is 74.8 Å². The number of pyridine rings is 1. The maximum absolute atomic E-state index is 13.4. The van der Waals surface area contributed by atoms with Crippen LogP contribution in [0.4, 0.5) is 0 Å². The molecule has 5 nitrogen and oxygen atoms in total. The molecule has 1 amide bonds. The van der Waals surface area contributed by atoms with Gasteiger partial charge in [-0.2, -0.15) is 0 Å². The predicted octanol–water partition coefficient (Wildman–Crippen LogP) is 5.10. The summed E-state index contributed by atoms with van der Waals surface area (Å²) in [6, 6.07) is 14.4. The van der Waals surface area contributed by atoms with Crippen LogP contribution in [0.25, 0.3) is 5.65 Å². The summed E-state index contributed by atoms with van der Waals surface area (Å²) >= 11 is 0. The zero-order valence-corrected chi connectivity index (χ0v) is 17.5. The van der Waals surface area contributed by atoms with E-state index in [1.54, 1.807) is 0 Å². The molecule has 0 radical (unpaired) electrons. The second-order valence-corrected chi connectivity index (χ2v) is 8.87. The van der Waals surface area contributed by atoms with Gasteiger partial charge in [-0.15, -0.1) is 0 Å². The van der Waals surface area contributed by atoms with E-state index in [2.05, 4.69) is 16.8 Å². The van der Waals surface area contributed by atoms with Crippen molar-refractivity contribution in [3.8, 4) is 5.75 Å². The molecule has 0 bridgehead atoms. The minimum absolute atomic E-state index is 0.162. The number of carbonyl (C=O) groups excluding carboxylic acids is 1. The summed E-state index contributed by atoms with van der Waals surface area (Å²) in [5.74, 6) is 1.66. The summed E-state index contributed by atoms with van der Waals surface area (Å²) in [5, 5.41) is 0. The number of benzene rings is 1. The van der Waals surface area contributed by atoms with Gasteiger partial charge in [0.15, 0.2) is 0 Å². The monoisotopic (exact) mass is 403 g/mol. The third-order valence-electron chi connectivity index (χ3n) is 6.44. The van der Waals surface area contributed by atoms with Gasteiger partial charge in [-0.3, -0.25) is 4.79 Å². The minimum Gasteiger partial charge on any atom is -0.487 e. The summed E-state index contributed by atoms with van der Waals surface area (Å²) in [6.07, 6.45) is 10.9. The lowest BCUT2D eigenvalue weighted by Crippen LogP contribution is -2.43. The first-order valence-electron chi connectivity index (χ1n) is 11.2. The Morgan fingerprint density at radius 1 is 1.07 bits per heavy atom. The highest BCUT2D eigenvalue weighted by atomic mass is 16.5. The van der Waals surface area contributed by atoms with Crippen molar-refractivity contribution in [2.75, 3.05) is 0 Å². The fraction of sp³-hybridized carbons (Fsp3) is 0.440. The Bertz CT molecular complexity index is 999. The third kappa shape index (κ3) is 4.07. The standard InChI is InChI=1S/C25H29N3O2/c1-18-8-10-21(11-9-18)28(22-12-13-22)25(29)19-5-4-6-23(15-19)30-17-20-16-27-14-3-2-7-24(27)26-20/h2-7,14-16,18,21-22H,8-13,17H2,1H3. The van der Waals surface area contributed by atoms with Crippen LogP contribution in [-0.4, -0.2) is 32.3 Å². The summed E-state index contributed by atoms with van der Waals surface area (Å²) in [6.45, 7) is 2.70. The average Bonchev–Trinajstić information content (AvgIpc) is 3.51. The number of hydrogen-bond acceptors (Lipinski definition) is 3. The van der Waals surface area contributed by atoms with E-state index in [1.807, 2.05) is 59.3 Å². The van der Waals surface area contributed by atoms with Crippen molar-refractivity contribution in [1.29, 1.82) is 0 Å². The molecule has 2 aromatic heterocycles. The van der Waals surface area contributed by atoms with Crippen LogP contribution in [0.15, 0.2) is 54.9 Å². The van der Waals surface area contributed by atoms with E-state index in [4.69, 9.17) is 4.74 Å². The fourth-order valence-electron chi connectivity index (χ4n) is 4.59. The average molecular weight is 404 g/mol. The van der Waals surface area contributed by atoms with Crippen LogP contribution in [0, 0.1) is 5.92 Å². The minimum atomic E-state index is 0.162. The SMILES string of the molecule is CC1CCC(N(C(=O)c2cccc(OCc3cn4ccccc4n3)c2)C2CC2)CC1. The van der Waals surface area contributed by atoms with Crippen LogP contribution in [-0.2, 0) is 6.61 Å². The molecule has 0 N–H and O–H groups in total. The molecule has 156 valence electrons. The number of fused-ring (bicyclic) bond motifs is 1. The molecule has 0 unspecified atom stereocenters. The number of ether oxygens (including phenoxy) is 1. The topological polar surface area (TPSA) is 46.8 Å². The van der Waals surface area contributed by atoms with Gasteiger partial charge in [-0.25, -0.2) is 4.98 Å². The van der Waals surface area contributed by atoms with Crippen molar-refractivity contribution >= 4 is 11.6 Å². The normalized spacial score (nSPS) is 21.5. The quantitative estimate of drug-likeness (QED) is 0.575. The number of aromatic nitrogens is 2. The first kappa shape index (κ1) is 19.2. The number of carbonyl (C=O) groups is 1. The number of amides is 1. The maximum Gasteiger partial charge on any atom is 0.254 e. The Labute approximate surface area is 177 Å². The zero-order chi connectivity index (χ0) is 20.5. The van der Waals surface area contributed by atoms with Gasteiger partial charge >= 0.3 is 0 Å². The molecule has 0 spiro atoms. The molecule has 0 aliphatic heterocycles.